The van der Waals surface area contributed by atoms with Gasteiger partial charge in [0.15, 0.2) is 0 Å². The number of nitro benzene ring substituents is 1. The Hall–Kier alpha value is -4.61. The monoisotopic (exact) mass is 440 g/mol. The molecule has 1 amide bonds. The smallest absolute Gasteiger partial charge is 0.337 e. The van der Waals surface area contributed by atoms with Crippen LogP contribution in [-0.2, 0) is 20.8 Å². The molecule has 0 aliphatic carbocycles. The fraction of sp³-hybridized carbons (Fsp3) is 0.150. The maximum absolute atomic E-state index is 12.6. The van der Waals surface area contributed by atoms with Crippen molar-refractivity contribution in [2.24, 2.45) is 0 Å². The van der Waals surface area contributed by atoms with E-state index in [1.807, 2.05) is 0 Å². The van der Waals surface area contributed by atoms with E-state index < -0.39 is 34.9 Å². The van der Waals surface area contributed by atoms with E-state index in [0.717, 1.165) is 17.0 Å². The lowest BCUT2D eigenvalue weighted by atomic mass is 10.1. The molecule has 1 aromatic heterocycles. The fourth-order valence-corrected chi connectivity index (χ4v) is 2.90. The predicted molar refractivity (Wildman–Crippen MR) is 110 cm³/mol. The molecular formula is C20H16N4O8. The first kappa shape index (κ1) is 22.1. The minimum Gasteiger partial charge on any atom is -0.465 e. The highest BCUT2D eigenvalue weighted by molar-refractivity contribution is 5.99. The summed E-state index contributed by atoms with van der Waals surface area (Å²) in [7, 11) is 2.33. The lowest BCUT2D eigenvalue weighted by molar-refractivity contribution is -0.384. The van der Waals surface area contributed by atoms with E-state index in [1.165, 1.54) is 44.6 Å². The third-order valence-electron chi connectivity index (χ3n) is 4.39. The molecule has 0 saturated heterocycles. The van der Waals surface area contributed by atoms with Gasteiger partial charge < -0.3 is 14.8 Å². The number of benzene rings is 2. The molecule has 32 heavy (non-hydrogen) atoms. The number of anilines is 1. The number of hydrogen-bond acceptors (Lipinski definition) is 9. The Bertz CT molecular complexity index is 1280. The molecule has 0 radical (unpaired) electrons. The number of aromatic nitrogens is 2. The van der Waals surface area contributed by atoms with E-state index >= 15 is 0 Å². The topological polar surface area (TPSA) is 160 Å². The molecule has 0 aliphatic rings. The summed E-state index contributed by atoms with van der Waals surface area (Å²) in [5.41, 5.74) is -0.538. The van der Waals surface area contributed by atoms with Crippen LogP contribution >= 0.6 is 0 Å². The third kappa shape index (κ3) is 4.59. The van der Waals surface area contributed by atoms with Gasteiger partial charge in [0.2, 0.25) is 5.91 Å². The maximum atomic E-state index is 12.6. The number of nitrogens with zero attached hydrogens (tertiary/aromatic N) is 3. The van der Waals surface area contributed by atoms with Crippen molar-refractivity contribution in [2.75, 3.05) is 19.5 Å². The lowest BCUT2D eigenvalue weighted by Crippen LogP contribution is -2.28. The van der Waals surface area contributed by atoms with Crippen LogP contribution in [0.5, 0.6) is 0 Å². The molecule has 3 aromatic rings. The zero-order chi connectivity index (χ0) is 23.4. The van der Waals surface area contributed by atoms with E-state index in [2.05, 4.69) is 19.8 Å². The SMILES string of the molecule is COC(=O)c1cc(NC(=O)Cn2cnc3cc([N+](=O)[O-])ccc3c2=O)cc(C(=O)OC)c1. The number of methoxy groups -OCH3 is 2. The molecule has 0 bridgehead atoms. The van der Waals surface area contributed by atoms with Gasteiger partial charge in [0.05, 0.1) is 47.5 Å². The molecule has 0 spiro atoms. The minimum atomic E-state index is -0.727. The number of carbonyl (C=O) groups is 3. The highest BCUT2D eigenvalue weighted by Crippen LogP contribution is 2.18. The molecule has 164 valence electrons. The average Bonchev–Trinajstić information content (AvgIpc) is 2.79. The number of nitrogens with one attached hydrogen (secondary N) is 1. The highest BCUT2D eigenvalue weighted by atomic mass is 16.6. The summed E-state index contributed by atoms with van der Waals surface area (Å²) in [5.74, 6) is -2.10. The number of non-ortho nitro benzene ring substituents is 1. The van der Waals surface area contributed by atoms with Crippen LogP contribution in [0.2, 0.25) is 0 Å². The van der Waals surface area contributed by atoms with Crippen molar-refractivity contribution in [2.45, 2.75) is 6.54 Å². The van der Waals surface area contributed by atoms with Crippen LogP contribution in [0.3, 0.4) is 0 Å². The summed E-state index contributed by atoms with van der Waals surface area (Å²) in [6.45, 7) is -0.436. The molecule has 12 heteroatoms. The van der Waals surface area contributed by atoms with E-state index in [1.54, 1.807) is 0 Å². The van der Waals surface area contributed by atoms with E-state index in [9.17, 15) is 29.3 Å². The van der Waals surface area contributed by atoms with Gasteiger partial charge in [-0.3, -0.25) is 24.3 Å². The van der Waals surface area contributed by atoms with Crippen molar-refractivity contribution in [1.29, 1.82) is 0 Å². The first-order valence-corrected chi connectivity index (χ1v) is 8.98. The van der Waals surface area contributed by atoms with Crippen molar-refractivity contribution in [3.63, 3.8) is 0 Å². The average molecular weight is 440 g/mol. The molecular weight excluding hydrogens is 424 g/mol. The third-order valence-corrected chi connectivity index (χ3v) is 4.39. The molecule has 2 aromatic carbocycles. The predicted octanol–water partition coefficient (Wildman–Crippen LogP) is 1.52. The van der Waals surface area contributed by atoms with Crippen LogP contribution in [0.15, 0.2) is 47.5 Å². The number of hydrogen-bond donors (Lipinski definition) is 1. The zero-order valence-electron chi connectivity index (χ0n) is 16.9. The van der Waals surface area contributed by atoms with Gasteiger partial charge in [-0.1, -0.05) is 0 Å². The van der Waals surface area contributed by atoms with Crippen molar-refractivity contribution in [3.05, 3.63) is 74.3 Å². The molecule has 0 atom stereocenters. The second-order valence-electron chi connectivity index (χ2n) is 6.47. The molecule has 0 aliphatic heterocycles. The first-order valence-electron chi connectivity index (χ1n) is 8.98. The molecule has 3 rings (SSSR count). The van der Waals surface area contributed by atoms with Crippen LogP contribution in [0.4, 0.5) is 11.4 Å². The molecule has 0 saturated carbocycles. The summed E-state index contributed by atoms with van der Waals surface area (Å²) >= 11 is 0. The van der Waals surface area contributed by atoms with Gasteiger partial charge in [0, 0.05) is 17.8 Å². The highest BCUT2D eigenvalue weighted by Gasteiger charge is 2.16. The Labute approximate surface area is 179 Å². The second-order valence-corrected chi connectivity index (χ2v) is 6.47. The number of amides is 1. The van der Waals surface area contributed by atoms with Crippen LogP contribution in [0.25, 0.3) is 10.9 Å². The van der Waals surface area contributed by atoms with Crippen LogP contribution in [0.1, 0.15) is 20.7 Å². The normalized spacial score (nSPS) is 10.4. The van der Waals surface area contributed by atoms with Gasteiger partial charge >= 0.3 is 11.9 Å². The number of rotatable bonds is 6. The van der Waals surface area contributed by atoms with E-state index in [4.69, 9.17) is 0 Å². The Morgan fingerprint density at radius 1 is 1.06 bits per heavy atom. The van der Waals surface area contributed by atoms with Crippen molar-refractivity contribution >= 4 is 40.1 Å². The summed E-state index contributed by atoms with van der Waals surface area (Å²) in [6, 6.07) is 7.45. The Morgan fingerprint density at radius 3 is 2.25 bits per heavy atom. The van der Waals surface area contributed by atoms with Gasteiger partial charge in [-0.2, -0.15) is 0 Å². The summed E-state index contributed by atoms with van der Waals surface area (Å²) < 4.78 is 10.3. The van der Waals surface area contributed by atoms with Gasteiger partial charge in [-0.25, -0.2) is 14.6 Å². The molecule has 1 heterocycles. The van der Waals surface area contributed by atoms with E-state index in [-0.39, 0.29) is 33.4 Å². The summed E-state index contributed by atoms with van der Waals surface area (Å²) in [4.78, 5) is 63.1. The first-order chi connectivity index (χ1) is 15.2. The number of nitro groups is 1. The Balaban J connectivity index is 1.87. The lowest BCUT2D eigenvalue weighted by Gasteiger charge is -2.11. The van der Waals surface area contributed by atoms with Crippen LogP contribution < -0.4 is 10.9 Å². The van der Waals surface area contributed by atoms with Gasteiger partial charge in [0.25, 0.3) is 11.2 Å². The summed E-state index contributed by atoms with van der Waals surface area (Å²) in [5, 5.41) is 13.5. The number of fused-ring (bicyclic) bond motifs is 1. The van der Waals surface area contributed by atoms with Crippen molar-refractivity contribution < 1.29 is 28.8 Å². The van der Waals surface area contributed by atoms with Crippen molar-refractivity contribution in [1.82, 2.24) is 9.55 Å². The Morgan fingerprint density at radius 2 is 1.69 bits per heavy atom. The fourth-order valence-electron chi connectivity index (χ4n) is 2.90. The largest absolute Gasteiger partial charge is 0.465 e. The molecule has 1 N–H and O–H groups in total. The summed E-state index contributed by atoms with van der Waals surface area (Å²) in [6.07, 6.45) is 1.10. The van der Waals surface area contributed by atoms with Crippen LogP contribution in [0, 0.1) is 10.1 Å². The van der Waals surface area contributed by atoms with E-state index in [0.29, 0.717) is 0 Å². The van der Waals surface area contributed by atoms with Crippen molar-refractivity contribution in [3.8, 4) is 0 Å². The number of esters is 2. The zero-order valence-corrected chi connectivity index (χ0v) is 16.9. The molecule has 12 nitrogen and oxygen atoms in total. The minimum absolute atomic E-state index is 0.0110. The quantitative estimate of drug-likeness (QED) is 0.340. The van der Waals surface area contributed by atoms with Gasteiger partial charge in [0.1, 0.15) is 6.54 Å². The van der Waals surface area contributed by atoms with Gasteiger partial charge in [-0.05, 0) is 24.3 Å². The van der Waals surface area contributed by atoms with Crippen LogP contribution in [-0.4, -0.2) is 46.5 Å². The molecule has 0 unspecified atom stereocenters. The number of carbonyl (C=O) groups excluding carboxylic acids is 3. The number of ether oxygens (including phenoxy) is 2. The molecule has 0 fully saturated rings. The second kappa shape index (κ2) is 9.04. The van der Waals surface area contributed by atoms with Gasteiger partial charge in [-0.15, -0.1) is 0 Å². The Kier molecular flexibility index (Phi) is 6.24. The standard InChI is InChI=1S/C20H16N4O8/c1-31-19(27)11-5-12(20(28)32-2)7-13(6-11)22-17(25)9-23-10-21-16-8-14(24(29)30)3-4-15(16)18(23)26/h3-8,10H,9H2,1-2H3,(H,22,25). The maximum Gasteiger partial charge on any atom is 0.337 e.